The molecule has 0 bridgehead atoms. The highest BCUT2D eigenvalue weighted by Crippen LogP contribution is 2.23. The second kappa shape index (κ2) is 9.28. The average molecular weight is 476 g/mol. The molecule has 3 aromatic heterocycles. The summed E-state index contributed by atoms with van der Waals surface area (Å²) in [7, 11) is 0. The maximum absolute atomic E-state index is 13.3. The first-order chi connectivity index (χ1) is 16.9. The summed E-state index contributed by atoms with van der Waals surface area (Å²) < 4.78 is 20.3. The number of hydrogen-bond donors (Lipinski definition) is 0. The Balaban J connectivity index is 1.31. The third-order valence-corrected chi connectivity index (χ3v) is 6.17. The Labute approximate surface area is 202 Å². The highest BCUT2D eigenvalue weighted by Gasteiger charge is 2.26. The molecule has 1 aliphatic heterocycles. The maximum atomic E-state index is 13.3. The number of nitrogens with zero attached hydrogens (tertiary/aromatic N) is 7. The van der Waals surface area contributed by atoms with Crippen molar-refractivity contribution in [3.05, 3.63) is 71.7 Å². The van der Waals surface area contributed by atoms with Gasteiger partial charge in [0.15, 0.2) is 11.6 Å². The Bertz CT molecular complexity index is 1340. The van der Waals surface area contributed by atoms with Gasteiger partial charge >= 0.3 is 0 Å². The number of pyridine rings is 1. The van der Waals surface area contributed by atoms with Crippen LogP contribution in [0.3, 0.4) is 0 Å². The van der Waals surface area contributed by atoms with Crippen molar-refractivity contribution in [1.29, 1.82) is 0 Å². The van der Waals surface area contributed by atoms with Gasteiger partial charge in [-0.15, -0.1) is 0 Å². The number of carbonyl (C=O) groups excluding carboxylic acids is 1. The van der Waals surface area contributed by atoms with Gasteiger partial charge in [-0.3, -0.25) is 4.79 Å². The van der Waals surface area contributed by atoms with Crippen molar-refractivity contribution in [2.24, 2.45) is 0 Å². The van der Waals surface area contributed by atoms with Gasteiger partial charge in [-0.25, -0.2) is 14.1 Å². The minimum absolute atomic E-state index is 0.0675. The molecule has 4 aromatic rings. The predicted molar refractivity (Wildman–Crippen MR) is 128 cm³/mol. The van der Waals surface area contributed by atoms with E-state index in [1.807, 2.05) is 31.7 Å². The third kappa shape index (κ3) is 4.51. The van der Waals surface area contributed by atoms with Crippen LogP contribution in [0, 0.1) is 12.7 Å². The Hall–Kier alpha value is -4.08. The lowest BCUT2D eigenvalue weighted by Crippen LogP contribution is -2.48. The Kier molecular flexibility index (Phi) is 6.02. The van der Waals surface area contributed by atoms with Crippen LogP contribution in [0.25, 0.3) is 17.3 Å². The molecule has 9 nitrogen and oxygen atoms in total. The van der Waals surface area contributed by atoms with Crippen LogP contribution in [-0.4, -0.2) is 61.9 Å². The van der Waals surface area contributed by atoms with E-state index in [9.17, 15) is 9.18 Å². The fraction of sp³-hybridized carbons (Fsp3) is 0.320. The van der Waals surface area contributed by atoms with Gasteiger partial charge in [0.25, 0.3) is 11.8 Å². The van der Waals surface area contributed by atoms with Crippen molar-refractivity contribution in [3.63, 3.8) is 0 Å². The van der Waals surface area contributed by atoms with Crippen LogP contribution in [-0.2, 0) is 0 Å². The zero-order valence-electron chi connectivity index (χ0n) is 19.8. The van der Waals surface area contributed by atoms with Gasteiger partial charge in [0, 0.05) is 49.5 Å². The highest BCUT2D eigenvalue weighted by molar-refractivity contribution is 5.95. The quantitative estimate of drug-likeness (QED) is 0.433. The summed E-state index contributed by atoms with van der Waals surface area (Å²) in [6.45, 7) is 8.36. The van der Waals surface area contributed by atoms with E-state index >= 15 is 0 Å². The molecule has 1 fully saturated rings. The van der Waals surface area contributed by atoms with Crippen molar-refractivity contribution < 1.29 is 13.7 Å². The molecular weight excluding hydrogens is 449 g/mol. The fourth-order valence-electron chi connectivity index (χ4n) is 4.09. The SMILES string of the molecule is Cc1c(C(=O)N2CCN(c3ccc(F)cc3)CC2)cnn1-c1cc(-c2nc(C(C)C)no2)ccn1. The highest BCUT2D eigenvalue weighted by atomic mass is 19.1. The number of carbonyl (C=O) groups is 1. The molecule has 0 saturated carbocycles. The summed E-state index contributed by atoms with van der Waals surface area (Å²) in [6.07, 6.45) is 3.24. The molecule has 0 unspecified atom stereocenters. The zero-order chi connectivity index (χ0) is 24.5. The van der Waals surface area contributed by atoms with Crippen LogP contribution in [0.15, 0.2) is 53.3 Å². The van der Waals surface area contributed by atoms with Crippen LogP contribution in [0.2, 0.25) is 0 Å². The van der Waals surface area contributed by atoms with Gasteiger partial charge in [0.2, 0.25) is 0 Å². The van der Waals surface area contributed by atoms with Gasteiger partial charge in [-0.05, 0) is 43.3 Å². The monoisotopic (exact) mass is 475 g/mol. The van der Waals surface area contributed by atoms with E-state index in [1.165, 1.54) is 12.1 Å². The molecule has 5 rings (SSSR count). The number of benzene rings is 1. The van der Waals surface area contributed by atoms with Crippen LogP contribution in [0.1, 0.15) is 41.6 Å². The predicted octanol–water partition coefficient (Wildman–Crippen LogP) is 3.85. The Morgan fingerprint density at radius 2 is 1.83 bits per heavy atom. The summed E-state index contributed by atoms with van der Waals surface area (Å²) in [6, 6.07) is 10.0. The van der Waals surface area contributed by atoms with Crippen LogP contribution < -0.4 is 4.90 Å². The second-order valence-corrected chi connectivity index (χ2v) is 8.83. The first kappa shape index (κ1) is 22.7. The standard InChI is InChI=1S/C25H26FN7O2/c1-16(2)23-29-24(35-30-23)18-8-9-27-22(14-18)33-17(3)21(15-28-33)25(34)32-12-10-31(11-13-32)20-6-4-19(26)5-7-20/h4-9,14-16H,10-13H2,1-3H3. The van der Waals surface area contributed by atoms with Crippen molar-refractivity contribution in [2.45, 2.75) is 26.7 Å². The van der Waals surface area contributed by atoms with Crippen molar-refractivity contribution in [1.82, 2.24) is 29.8 Å². The molecule has 1 aromatic carbocycles. The molecule has 180 valence electrons. The number of anilines is 1. The summed E-state index contributed by atoms with van der Waals surface area (Å²) in [5.74, 6) is 1.45. The molecule has 1 saturated heterocycles. The van der Waals surface area contributed by atoms with Gasteiger partial charge in [-0.1, -0.05) is 19.0 Å². The molecule has 1 amide bonds. The lowest BCUT2D eigenvalue weighted by atomic mass is 10.2. The van der Waals surface area contributed by atoms with Crippen LogP contribution >= 0.6 is 0 Å². The van der Waals surface area contributed by atoms with Crippen molar-refractivity contribution >= 4 is 11.6 Å². The molecule has 0 N–H and O–H groups in total. The van der Waals surface area contributed by atoms with E-state index < -0.39 is 0 Å². The minimum Gasteiger partial charge on any atom is -0.368 e. The van der Waals surface area contributed by atoms with Crippen molar-refractivity contribution in [2.75, 3.05) is 31.1 Å². The van der Waals surface area contributed by atoms with Crippen LogP contribution in [0.4, 0.5) is 10.1 Å². The first-order valence-electron chi connectivity index (χ1n) is 11.6. The number of amides is 1. The van der Waals surface area contributed by atoms with E-state index in [1.54, 1.807) is 35.3 Å². The molecule has 0 atom stereocenters. The summed E-state index contributed by atoms with van der Waals surface area (Å²) >= 11 is 0. The normalized spacial score (nSPS) is 14.1. The largest absolute Gasteiger partial charge is 0.368 e. The molecule has 10 heteroatoms. The second-order valence-electron chi connectivity index (χ2n) is 8.83. The molecule has 0 radical (unpaired) electrons. The van der Waals surface area contributed by atoms with E-state index in [2.05, 4.69) is 25.1 Å². The molecule has 4 heterocycles. The third-order valence-electron chi connectivity index (χ3n) is 6.17. The van der Waals surface area contributed by atoms with Gasteiger partial charge < -0.3 is 14.3 Å². The number of aromatic nitrogens is 5. The summed E-state index contributed by atoms with van der Waals surface area (Å²) in [5, 5.41) is 8.46. The molecular formula is C25H26FN7O2. The van der Waals surface area contributed by atoms with E-state index in [4.69, 9.17) is 4.52 Å². The van der Waals surface area contributed by atoms with Gasteiger partial charge in [0.05, 0.1) is 17.5 Å². The van der Waals surface area contributed by atoms with Crippen molar-refractivity contribution in [3.8, 4) is 17.3 Å². The van der Waals surface area contributed by atoms with Gasteiger partial charge in [-0.2, -0.15) is 10.1 Å². The van der Waals surface area contributed by atoms with E-state index in [0.29, 0.717) is 55.0 Å². The fourth-order valence-corrected chi connectivity index (χ4v) is 4.09. The van der Waals surface area contributed by atoms with Crippen LogP contribution in [0.5, 0.6) is 0 Å². The summed E-state index contributed by atoms with van der Waals surface area (Å²) in [4.78, 5) is 26.1. The summed E-state index contributed by atoms with van der Waals surface area (Å²) in [5.41, 5.74) is 2.92. The number of hydrogen-bond acceptors (Lipinski definition) is 7. The molecule has 35 heavy (non-hydrogen) atoms. The maximum Gasteiger partial charge on any atom is 0.258 e. The number of halogens is 1. The smallest absolute Gasteiger partial charge is 0.258 e. The lowest BCUT2D eigenvalue weighted by Gasteiger charge is -2.36. The molecule has 1 aliphatic rings. The van der Waals surface area contributed by atoms with E-state index in [-0.39, 0.29) is 17.6 Å². The van der Waals surface area contributed by atoms with E-state index in [0.717, 1.165) is 11.3 Å². The minimum atomic E-state index is -0.257. The topological polar surface area (TPSA) is 93.2 Å². The average Bonchev–Trinajstić information content (AvgIpc) is 3.52. The van der Waals surface area contributed by atoms with Gasteiger partial charge in [0.1, 0.15) is 5.82 Å². The number of rotatable bonds is 5. The molecule has 0 spiro atoms. The Morgan fingerprint density at radius 3 is 2.51 bits per heavy atom. The Morgan fingerprint density at radius 1 is 1.09 bits per heavy atom. The first-order valence-corrected chi connectivity index (χ1v) is 11.6. The molecule has 0 aliphatic carbocycles. The lowest BCUT2D eigenvalue weighted by molar-refractivity contribution is 0.0746. The number of piperazine rings is 1. The zero-order valence-corrected chi connectivity index (χ0v) is 19.8.